The van der Waals surface area contributed by atoms with Crippen LogP contribution in [0.1, 0.15) is 17.5 Å². The highest BCUT2D eigenvalue weighted by molar-refractivity contribution is 5.79. The minimum Gasteiger partial charge on any atom is -0.374 e. The highest BCUT2D eigenvalue weighted by atomic mass is 19.4. The van der Waals surface area contributed by atoms with Gasteiger partial charge in [0.15, 0.2) is 0 Å². The number of hydrogen-bond acceptors (Lipinski definition) is 3. The average Bonchev–Trinajstić information content (AvgIpc) is 2.53. The average molecular weight is 342 g/mol. The smallest absolute Gasteiger partial charge is 0.374 e. The van der Waals surface area contributed by atoms with E-state index in [0.29, 0.717) is 19.7 Å². The molecule has 0 radical (unpaired) electrons. The van der Waals surface area contributed by atoms with Crippen LogP contribution in [0.4, 0.5) is 13.2 Å². The molecule has 0 unspecified atom stereocenters. The Balaban J connectivity index is 1.77. The van der Waals surface area contributed by atoms with Gasteiger partial charge in [-0.1, -0.05) is 18.2 Å². The fraction of sp³-hybridized carbons (Fsp3) is 0.588. The Labute approximate surface area is 139 Å². The van der Waals surface area contributed by atoms with Crippen molar-refractivity contribution in [2.45, 2.75) is 31.2 Å². The lowest BCUT2D eigenvalue weighted by Crippen LogP contribution is -2.61. The quantitative estimate of drug-likeness (QED) is 0.826. The highest BCUT2D eigenvalue weighted by Crippen LogP contribution is 2.32. The van der Waals surface area contributed by atoms with Gasteiger partial charge in [0, 0.05) is 19.6 Å². The van der Waals surface area contributed by atoms with Crippen molar-refractivity contribution >= 4 is 5.91 Å². The maximum atomic E-state index is 13.1. The Morgan fingerprint density at radius 1 is 1.29 bits per heavy atom. The molecule has 0 aliphatic carbocycles. The Morgan fingerprint density at radius 2 is 2.04 bits per heavy atom. The summed E-state index contributed by atoms with van der Waals surface area (Å²) in [6.07, 6.45) is -3.86. The molecule has 3 rings (SSSR count). The van der Waals surface area contributed by atoms with Crippen molar-refractivity contribution in [1.29, 1.82) is 0 Å². The lowest BCUT2D eigenvalue weighted by atomic mass is 9.97. The zero-order valence-electron chi connectivity index (χ0n) is 13.6. The molecule has 7 heteroatoms. The van der Waals surface area contributed by atoms with E-state index >= 15 is 0 Å². The maximum absolute atomic E-state index is 13.1. The first-order chi connectivity index (χ1) is 11.4. The van der Waals surface area contributed by atoms with Gasteiger partial charge >= 0.3 is 6.18 Å². The number of halogens is 3. The number of benzene rings is 1. The van der Waals surface area contributed by atoms with Gasteiger partial charge in [-0.15, -0.1) is 0 Å². The number of carbonyl (C=O) groups is 1. The molecule has 0 saturated carbocycles. The van der Waals surface area contributed by atoms with Gasteiger partial charge in [0.2, 0.25) is 5.91 Å². The molecule has 2 atom stereocenters. The summed E-state index contributed by atoms with van der Waals surface area (Å²) in [5, 5.41) is 0. The van der Waals surface area contributed by atoms with E-state index in [0.717, 1.165) is 19.0 Å². The van der Waals surface area contributed by atoms with Crippen molar-refractivity contribution in [2.75, 3.05) is 33.3 Å². The van der Waals surface area contributed by atoms with Gasteiger partial charge in [0.1, 0.15) is 0 Å². The molecule has 24 heavy (non-hydrogen) atoms. The Kier molecular flexibility index (Phi) is 4.83. The van der Waals surface area contributed by atoms with Crippen molar-refractivity contribution in [3.05, 3.63) is 35.4 Å². The third-order valence-electron chi connectivity index (χ3n) is 4.77. The SMILES string of the molecule is CN1CC[C@@H]2OCCN(C(=O)Cc3ccccc3C(F)(F)F)[C@@H]2C1. The third-order valence-corrected chi connectivity index (χ3v) is 4.77. The summed E-state index contributed by atoms with van der Waals surface area (Å²) in [5.74, 6) is -0.264. The van der Waals surface area contributed by atoms with Gasteiger partial charge in [-0.05, 0) is 25.1 Å². The molecule has 0 bridgehead atoms. The van der Waals surface area contributed by atoms with Gasteiger partial charge < -0.3 is 14.5 Å². The second-order valence-electron chi connectivity index (χ2n) is 6.45. The van der Waals surface area contributed by atoms with Crippen molar-refractivity contribution in [1.82, 2.24) is 9.80 Å². The summed E-state index contributed by atoms with van der Waals surface area (Å²) in [6, 6.07) is 5.21. The maximum Gasteiger partial charge on any atom is 0.416 e. The summed E-state index contributed by atoms with van der Waals surface area (Å²) < 4.78 is 45.1. The zero-order chi connectivity index (χ0) is 17.3. The molecule has 2 aliphatic rings. The van der Waals surface area contributed by atoms with Crippen LogP contribution in [0, 0.1) is 0 Å². The van der Waals surface area contributed by atoms with E-state index in [9.17, 15) is 18.0 Å². The fourth-order valence-electron chi connectivity index (χ4n) is 3.56. The first-order valence-electron chi connectivity index (χ1n) is 8.11. The van der Waals surface area contributed by atoms with Gasteiger partial charge in [-0.3, -0.25) is 4.79 Å². The highest BCUT2D eigenvalue weighted by Gasteiger charge is 2.39. The molecule has 2 fully saturated rings. The molecule has 2 heterocycles. The molecule has 1 aromatic carbocycles. The van der Waals surface area contributed by atoms with Gasteiger partial charge in [-0.25, -0.2) is 0 Å². The standard InChI is InChI=1S/C17H21F3N2O2/c1-21-7-6-15-14(11-21)22(8-9-24-15)16(23)10-12-4-2-3-5-13(12)17(18,19)20/h2-5,14-15H,6-11H2,1H3/t14-,15+/m1/s1. The number of alkyl halides is 3. The predicted octanol–water partition coefficient (Wildman–Crippen LogP) is 2.18. The largest absolute Gasteiger partial charge is 0.416 e. The number of morpholine rings is 1. The number of hydrogen-bond donors (Lipinski definition) is 0. The molecule has 1 amide bonds. The summed E-state index contributed by atoms with van der Waals surface area (Å²) in [7, 11) is 1.98. The Hall–Kier alpha value is -1.60. The van der Waals surface area contributed by atoms with E-state index in [4.69, 9.17) is 4.74 Å². The number of piperidine rings is 1. The topological polar surface area (TPSA) is 32.8 Å². The monoisotopic (exact) mass is 342 g/mol. The van der Waals surface area contributed by atoms with Gasteiger partial charge in [-0.2, -0.15) is 13.2 Å². The number of nitrogens with zero attached hydrogens (tertiary/aromatic N) is 2. The van der Waals surface area contributed by atoms with E-state index in [2.05, 4.69) is 4.90 Å². The summed E-state index contributed by atoms with van der Waals surface area (Å²) in [6.45, 7) is 2.47. The van der Waals surface area contributed by atoms with Gasteiger partial charge in [0.05, 0.1) is 30.7 Å². The van der Waals surface area contributed by atoms with E-state index in [1.807, 2.05) is 7.05 Å². The van der Waals surface area contributed by atoms with Crippen LogP contribution in [0.3, 0.4) is 0 Å². The third kappa shape index (κ3) is 3.57. The molecular formula is C17H21F3N2O2. The van der Waals surface area contributed by atoms with Crippen molar-refractivity contribution in [3.63, 3.8) is 0 Å². The number of likely N-dealkylation sites (tertiary alicyclic amines) is 1. The second-order valence-corrected chi connectivity index (χ2v) is 6.45. The van der Waals surface area contributed by atoms with Crippen LogP contribution in [0.25, 0.3) is 0 Å². The van der Waals surface area contributed by atoms with Crippen molar-refractivity contribution in [3.8, 4) is 0 Å². The van der Waals surface area contributed by atoms with Crippen molar-refractivity contribution < 1.29 is 22.7 Å². The zero-order valence-corrected chi connectivity index (χ0v) is 13.6. The van der Waals surface area contributed by atoms with Crippen LogP contribution < -0.4 is 0 Å². The first kappa shape index (κ1) is 17.2. The number of ether oxygens (including phenoxy) is 1. The van der Waals surface area contributed by atoms with Crippen LogP contribution in [-0.2, 0) is 22.1 Å². The van der Waals surface area contributed by atoms with Crippen LogP contribution in [0.15, 0.2) is 24.3 Å². The Bertz CT molecular complexity index is 606. The lowest BCUT2D eigenvalue weighted by molar-refractivity contribution is -0.151. The molecule has 132 valence electrons. The molecule has 4 nitrogen and oxygen atoms in total. The van der Waals surface area contributed by atoms with E-state index < -0.39 is 11.7 Å². The number of fused-ring (bicyclic) bond motifs is 1. The fourth-order valence-corrected chi connectivity index (χ4v) is 3.56. The number of carbonyl (C=O) groups excluding carboxylic acids is 1. The first-order valence-corrected chi connectivity index (χ1v) is 8.11. The molecule has 0 spiro atoms. The minimum atomic E-state index is -4.45. The second kappa shape index (κ2) is 6.72. The van der Waals surface area contributed by atoms with Crippen LogP contribution >= 0.6 is 0 Å². The minimum absolute atomic E-state index is 0.0169. The van der Waals surface area contributed by atoms with E-state index in [1.165, 1.54) is 18.2 Å². The lowest BCUT2D eigenvalue weighted by Gasteiger charge is -2.46. The van der Waals surface area contributed by atoms with E-state index in [-0.39, 0.29) is 30.0 Å². The van der Waals surface area contributed by atoms with E-state index in [1.54, 1.807) is 4.90 Å². The van der Waals surface area contributed by atoms with Crippen LogP contribution in [0.2, 0.25) is 0 Å². The molecule has 0 aromatic heterocycles. The number of likely N-dealkylation sites (N-methyl/N-ethyl adjacent to an activating group) is 1. The molecule has 1 aromatic rings. The summed E-state index contributed by atoms with van der Waals surface area (Å²) >= 11 is 0. The molecular weight excluding hydrogens is 321 g/mol. The molecule has 2 aliphatic heterocycles. The predicted molar refractivity (Wildman–Crippen MR) is 82.5 cm³/mol. The Morgan fingerprint density at radius 3 is 2.79 bits per heavy atom. The number of amides is 1. The van der Waals surface area contributed by atoms with Crippen LogP contribution in [-0.4, -0.2) is 61.1 Å². The summed E-state index contributed by atoms with van der Waals surface area (Å²) in [5.41, 5.74) is -0.703. The molecule has 0 N–H and O–H groups in total. The van der Waals surface area contributed by atoms with Gasteiger partial charge in [0.25, 0.3) is 0 Å². The molecule has 2 saturated heterocycles. The van der Waals surface area contributed by atoms with Crippen LogP contribution in [0.5, 0.6) is 0 Å². The van der Waals surface area contributed by atoms with Crippen molar-refractivity contribution in [2.24, 2.45) is 0 Å². The number of rotatable bonds is 2. The summed E-state index contributed by atoms with van der Waals surface area (Å²) in [4.78, 5) is 16.5. The normalized spacial score (nSPS) is 25.4.